The second-order valence-corrected chi connectivity index (χ2v) is 3.96. The van der Waals surface area contributed by atoms with E-state index in [0.717, 1.165) is 12.2 Å². The normalized spacial score (nSPS) is 13.5. The molecule has 56 valence electrons. The number of aryl methyl sites for hydroxylation is 1. The average molecular weight is 204 g/mol. The second-order valence-electron chi connectivity index (χ2n) is 2.39. The molecule has 0 fully saturated rings. The zero-order valence-corrected chi connectivity index (χ0v) is 7.68. The molecule has 1 aromatic heterocycles. The van der Waals surface area contributed by atoms with Crippen LogP contribution in [0.1, 0.15) is 18.2 Å². The molecule has 0 aliphatic heterocycles. The highest BCUT2D eigenvalue weighted by Gasteiger charge is 2.04. The highest BCUT2D eigenvalue weighted by atomic mass is 79.9. The molecule has 1 atom stereocenters. The number of alkyl halides is 1. The Morgan fingerprint density at radius 2 is 2.50 bits per heavy atom. The lowest BCUT2D eigenvalue weighted by molar-refractivity contribution is 0.396. The molecule has 0 aliphatic rings. The van der Waals surface area contributed by atoms with Gasteiger partial charge in [0.25, 0.3) is 0 Å². The average Bonchev–Trinajstić information content (AvgIpc) is 2.15. The highest BCUT2D eigenvalue weighted by molar-refractivity contribution is 9.09. The molecule has 0 bridgehead atoms. The topological polar surface area (TPSA) is 26.0 Å². The molecule has 1 rings (SSSR count). The molecule has 1 aromatic rings. The van der Waals surface area contributed by atoms with Crippen LogP contribution in [0.15, 0.2) is 10.7 Å². The maximum atomic E-state index is 4.89. The first-order valence-electron chi connectivity index (χ1n) is 3.24. The van der Waals surface area contributed by atoms with Gasteiger partial charge in [-0.2, -0.15) is 0 Å². The fourth-order valence-corrected chi connectivity index (χ4v) is 1.17. The van der Waals surface area contributed by atoms with Crippen molar-refractivity contribution in [3.63, 3.8) is 0 Å². The number of hydrogen-bond donors (Lipinski definition) is 0. The van der Waals surface area contributed by atoms with Crippen LogP contribution in [0.2, 0.25) is 0 Å². The first-order valence-corrected chi connectivity index (χ1v) is 4.16. The van der Waals surface area contributed by atoms with Crippen molar-refractivity contribution in [1.29, 1.82) is 0 Å². The number of halogens is 1. The van der Waals surface area contributed by atoms with Crippen molar-refractivity contribution in [2.75, 3.05) is 0 Å². The van der Waals surface area contributed by atoms with E-state index in [4.69, 9.17) is 4.52 Å². The Labute approximate surface area is 68.7 Å². The molecule has 2 nitrogen and oxygen atoms in total. The molecule has 0 saturated carbocycles. The summed E-state index contributed by atoms with van der Waals surface area (Å²) in [5, 5.41) is 3.68. The molecule has 0 saturated heterocycles. The predicted molar refractivity (Wildman–Crippen MR) is 43.3 cm³/mol. The Morgan fingerprint density at radius 1 is 1.80 bits per heavy atom. The highest BCUT2D eigenvalue weighted by Crippen LogP contribution is 2.12. The molecule has 1 heterocycles. The first kappa shape index (κ1) is 7.79. The molecule has 0 amide bonds. The fourth-order valence-electron chi connectivity index (χ4n) is 0.818. The van der Waals surface area contributed by atoms with Gasteiger partial charge in [0.1, 0.15) is 5.76 Å². The fraction of sp³-hybridized carbons (Fsp3) is 0.571. The Balaban J connectivity index is 2.65. The molecule has 0 radical (unpaired) electrons. The summed E-state index contributed by atoms with van der Waals surface area (Å²) in [6.45, 7) is 4.03. The van der Waals surface area contributed by atoms with Gasteiger partial charge in [-0.3, -0.25) is 0 Å². The van der Waals surface area contributed by atoms with Crippen LogP contribution in [0, 0.1) is 6.92 Å². The molecule has 3 heteroatoms. The Morgan fingerprint density at radius 3 is 2.90 bits per heavy atom. The maximum Gasteiger partial charge on any atom is 0.136 e. The van der Waals surface area contributed by atoms with E-state index in [1.54, 1.807) is 6.20 Å². The largest absolute Gasteiger partial charge is 0.361 e. The summed E-state index contributed by atoms with van der Waals surface area (Å²) < 4.78 is 4.89. The van der Waals surface area contributed by atoms with Crippen LogP contribution in [0.3, 0.4) is 0 Å². The Hall–Kier alpha value is -0.310. The van der Waals surface area contributed by atoms with Crippen LogP contribution < -0.4 is 0 Å². The van der Waals surface area contributed by atoms with Crippen molar-refractivity contribution in [1.82, 2.24) is 5.16 Å². The third-order valence-corrected chi connectivity index (χ3v) is 1.68. The van der Waals surface area contributed by atoms with E-state index in [1.165, 1.54) is 5.56 Å². The third kappa shape index (κ3) is 1.84. The van der Waals surface area contributed by atoms with Crippen molar-refractivity contribution in [3.8, 4) is 0 Å². The van der Waals surface area contributed by atoms with Crippen LogP contribution in [0.4, 0.5) is 0 Å². The van der Waals surface area contributed by atoms with Crippen LogP contribution in [-0.2, 0) is 6.42 Å². The molecule has 0 N–H and O–H groups in total. The number of hydrogen-bond acceptors (Lipinski definition) is 2. The standard InChI is InChI=1S/C7H10BrNO/c1-5(8)3-7-4-9-10-6(7)2/h4-5H,3H2,1-2H3. The number of aromatic nitrogens is 1. The summed E-state index contributed by atoms with van der Waals surface area (Å²) in [6, 6.07) is 0. The minimum absolute atomic E-state index is 0.491. The van der Waals surface area contributed by atoms with E-state index < -0.39 is 0 Å². The van der Waals surface area contributed by atoms with Crippen molar-refractivity contribution >= 4 is 15.9 Å². The SMILES string of the molecule is Cc1oncc1CC(C)Br. The zero-order chi connectivity index (χ0) is 7.56. The summed E-state index contributed by atoms with van der Waals surface area (Å²) in [5.41, 5.74) is 1.18. The maximum absolute atomic E-state index is 4.89. The lowest BCUT2D eigenvalue weighted by Gasteiger charge is -1.97. The van der Waals surface area contributed by atoms with Gasteiger partial charge in [0, 0.05) is 10.4 Å². The molecular formula is C7H10BrNO. The second kappa shape index (κ2) is 3.19. The van der Waals surface area contributed by atoms with Crippen LogP contribution in [-0.4, -0.2) is 9.98 Å². The number of rotatable bonds is 2. The van der Waals surface area contributed by atoms with Crippen LogP contribution in [0.5, 0.6) is 0 Å². The van der Waals surface area contributed by atoms with Gasteiger partial charge in [0.05, 0.1) is 6.20 Å². The molecular weight excluding hydrogens is 194 g/mol. The van der Waals surface area contributed by atoms with E-state index >= 15 is 0 Å². The summed E-state index contributed by atoms with van der Waals surface area (Å²) in [5.74, 6) is 0.923. The summed E-state index contributed by atoms with van der Waals surface area (Å²) in [4.78, 5) is 0.491. The predicted octanol–water partition coefficient (Wildman–Crippen LogP) is 2.31. The van der Waals surface area contributed by atoms with Gasteiger partial charge in [-0.25, -0.2) is 0 Å². The lowest BCUT2D eigenvalue weighted by Crippen LogP contribution is -1.95. The monoisotopic (exact) mass is 203 g/mol. The Kier molecular flexibility index (Phi) is 2.49. The summed E-state index contributed by atoms with van der Waals surface area (Å²) in [6.07, 6.45) is 2.75. The zero-order valence-electron chi connectivity index (χ0n) is 6.10. The minimum Gasteiger partial charge on any atom is -0.361 e. The van der Waals surface area contributed by atoms with Gasteiger partial charge in [0.15, 0.2) is 0 Å². The molecule has 10 heavy (non-hydrogen) atoms. The third-order valence-electron chi connectivity index (χ3n) is 1.35. The minimum atomic E-state index is 0.491. The summed E-state index contributed by atoms with van der Waals surface area (Å²) >= 11 is 3.46. The van der Waals surface area contributed by atoms with Gasteiger partial charge in [-0.15, -0.1) is 0 Å². The van der Waals surface area contributed by atoms with Crippen molar-refractivity contribution < 1.29 is 4.52 Å². The lowest BCUT2D eigenvalue weighted by atomic mass is 10.2. The van der Waals surface area contributed by atoms with E-state index in [2.05, 4.69) is 28.0 Å². The van der Waals surface area contributed by atoms with E-state index in [1.807, 2.05) is 6.92 Å². The van der Waals surface area contributed by atoms with Crippen molar-refractivity contribution in [3.05, 3.63) is 17.5 Å². The van der Waals surface area contributed by atoms with Gasteiger partial charge < -0.3 is 4.52 Å². The molecule has 0 spiro atoms. The first-order chi connectivity index (χ1) is 4.70. The van der Waals surface area contributed by atoms with Crippen molar-refractivity contribution in [2.45, 2.75) is 25.1 Å². The Bertz CT molecular complexity index is 207. The number of nitrogens with zero attached hydrogens (tertiary/aromatic N) is 1. The van der Waals surface area contributed by atoms with Gasteiger partial charge in [-0.05, 0) is 13.3 Å². The summed E-state index contributed by atoms with van der Waals surface area (Å²) in [7, 11) is 0. The van der Waals surface area contributed by atoms with Crippen molar-refractivity contribution in [2.24, 2.45) is 0 Å². The molecule has 1 unspecified atom stereocenters. The van der Waals surface area contributed by atoms with Crippen LogP contribution >= 0.6 is 15.9 Å². The van der Waals surface area contributed by atoms with E-state index in [-0.39, 0.29) is 0 Å². The van der Waals surface area contributed by atoms with Gasteiger partial charge in [0.2, 0.25) is 0 Å². The molecule has 0 aromatic carbocycles. The van der Waals surface area contributed by atoms with Gasteiger partial charge in [-0.1, -0.05) is 28.0 Å². The van der Waals surface area contributed by atoms with Crippen LogP contribution in [0.25, 0.3) is 0 Å². The quantitative estimate of drug-likeness (QED) is 0.691. The molecule has 0 aliphatic carbocycles. The smallest absolute Gasteiger partial charge is 0.136 e. The van der Waals surface area contributed by atoms with E-state index in [9.17, 15) is 0 Å². The van der Waals surface area contributed by atoms with E-state index in [0.29, 0.717) is 4.83 Å². The van der Waals surface area contributed by atoms with Gasteiger partial charge >= 0.3 is 0 Å².